The summed E-state index contributed by atoms with van der Waals surface area (Å²) in [5.74, 6) is 2.21. The van der Waals surface area contributed by atoms with Crippen molar-refractivity contribution in [3.8, 4) is 27.8 Å². The molecule has 250 valence electrons. The molecule has 0 aliphatic carbocycles. The van der Waals surface area contributed by atoms with Crippen molar-refractivity contribution in [2.24, 2.45) is 4.99 Å². The number of ether oxygens (including phenoxy) is 3. The Hall–Kier alpha value is -3.73. The molecule has 3 aliphatic heterocycles. The lowest BCUT2D eigenvalue weighted by molar-refractivity contribution is 0.0774. The summed E-state index contributed by atoms with van der Waals surface area (Å²) < 4.78 is 18.7. The normalized spacial score (nSPS) is 18.2. The molecular formula is C37H47N5O4S. The Balaban J connectivity index is 0.849. The molecule has 1 unspecified atom stereocenters. The molecule has 47 heavy (non-hydrogen) atoms. The highest BCUT2D eigenvalue weighted by atomic mass is 32.1. The smallest absolute Gasteiger partial charge is 0.256 e. The first-order chi connectivity index (χ1) is 22.9. The van der Waals surface area contributed by atoms with Gasteiger partial charge in [-0.3, -0.25) is 9.79 Å². The summed E-state index contributed by atoms with van der Waals surface area (Å²) in [5, 5.41) is 1.71. The summed E-state index contributed by atoms with van der Waals surface area (Å²) in [5.41, 5.74) is 3.47. The number of aryl methyl sites for hydroxylation is 1. The zero-order valence-electron chi connectivity index (χ0n) is 27.8. The van der Waals surface area contributed by atoms with E-state index in [0.717, 1.165) is 123 Å². The van der Waals surface area contributed by atoms with Crippen molar-refractivity contribution in [3.63, 3.8) is 0 Å². The van der Waals surface area contributed by atoms with Crippen LogP contribution in [-0.2, 0) is 0 Å². The number of rotatable bonds is 14. The number of nitrogens with zero attached hydrogens (tertiary/aromatic N) is 5. The third kappa shape index (κ3) is 8.05. The third-order valence-electron chi connectivity index (χ3n) is 9.38. The number of unbranched alkanes of at least 4 members (excludes halogenated alkanes) is 2. The number of methoxy groups -OCH3 is 1. The van der Waals surface area contributed by atoms with Crippen LogP contribution in [-0.4, -0.2) is 104 Å². The van der Waals surface area contributed by atoms with E-state index < -0.39 is 0 Å². The second-order valence-electron chi connectivity index (χ2n) is 12.7. The summed E-state index contributed by atoms with van der Waals surface area (Å²) >= 11 is 1.58. The fourth-order valence-electron chi connectivity index (χ4n) is 6.55. The van der Waals surface area contributed by atoms with E-state index in [0.29, 0.717) is 29.4 Å². The van der Waals surface area contributed by atoms with E-state index in [1.54, 1.807) is 24.5 Å². The topological polar surface area (TPSA) is 79.7 Å². The zero-order valence-corrected chi connectivity index (χ0v) is 28.7. The van der Waals surface area contributed by atoms with Crippen LogP contribution >= 0.6 is 11.3 Å². The van der Waals surface area contributed by atoms with Crippen LogP contribution in [0.1, 0.15) is 54.4 Å². The Morgan fingerprint density at radius 3 is 2.23 bits per heavy atom. The van der Waals surface area contributed by atoms with Gasteiger partial charge in [-0.05, 0) is 88.4 Å². The molecule has 3 aromatic rings. The van der Waals surface area contributed by atoms with Crippen LogP contribution in [0.3, 0.4) is 0 Å². The lowest BCUT2D eigenvalue weighted by Crippen LogP contribution is -2.46. The summed E-state index contributed by atoms with van der Waals surface area (Å²) in [6.07, 6.45) is 8.11. The Morgan fingerprint density at radius 2 is 1.60 bits per heavy atom. The number of hydrogen-bond acceptors (Lipinski definition) is 9. The van der Waals surface area contributed by atoms with Gasteiger partial charge in [0, 0.05) is 55.1 Å². The minimum atomic E-state index is 0.0289. The van der Waals surface area contributed by atoms with Gasteiger partial charge in [0.2, 0.25) is 0 Å². The summed E-state index contributed by atoms with van der Waals surface area (Å²) in [6, 6.07) is 9.99. The van der Waals surface area contributed by atoms with Crippen molar-refractivity contribution in [2.45, 2.75) is 51.5 Å². The maximum absolute atomic E-state index is 13.1. The van der Waals surface area contributed by atoms with E-state index in [-0.39, 0.29) is 11.9 Å². The van der Waals surface area contributed by atoms with E-state index in [1.807, 2.05) is 17.2 Å². The first-order valence-corrected chi connectivity index (χ1v) is 17.7. The summed E-state index contributed by atoms with van der Waals surface area (Å²) in [6.45, 7) is 18.8. The molecule has 1 aromatic heterocycles. The maximum Gasteiger partial charge on any atom is 0.256 e. The van der Waals surface area contributed by atoms with Crippen LogP contribution in [0.15, 0.2) is 35.3 Å². The Bertz CT molecular complexity index is 1650. The molecule has 3 aliphatic rings. The third-order valence-corrected chi connectivity index (χ3v) is 10.4. The lowest BCUT2D eigenvalue weighted by atomic mass is 10.1. The first kappa shape index (κ1) is 33.2. The molecule has 4 heterocycles. The largest absolute Gasteiger partial charge is 0.493 e. The van der Waals surface area contributed by atoms with E-state index in [2.05, 4.69) is 58.1 Å². The van der Waals surface area contributed by atoms with E-state index in [9.17, 15) is 4.79 Å². The predicted molar refractivity (Wildman–Crippen MR) is 190 cm³/mol. The predicted octanol–water partition coefficient (Wildman–Crippen LogP) is 4.90. The van der Waals surface area contributed by atoms with E-state index in [4.69, 9.17) is 14.2 Å². The molecule has 0 radical (unpaired) electrons. The highest BCUT2D eigenvalue weighted by molar-refractivity contribution is 7.12. The van der Waals surface area contributed by atoms with Crippen LogP contribution in [0.5, 0.6) is 17.2 Å². The van der Waals surface area contributed by atoms with Crippen molar-refractivity contribution >= 4 is 42.3 Å². The molecule has 10 heteroatoms. The highest BCUT2D eigenvalue weighted by Crippen LogP contribution is 2.38. The summed E-state index contributed by atoms with van der Waals surface area (Å²) in [7, 11) is 1.62. The number of carbonyl (C=O) groups is 1. The second-order valence-corrected chi connectivity index (χ2v) is 13.8. The van der Waals surface area contributed by atoms with Gasteiger partial charge in [0.1, 0.15) is 10.8 Å². The van der Waals surface area contributed by atoms with Gasteiger partial charge in [0.15, 0.2) is 11.5 Å². The number of carbonyl (C=O) groups excluding carboxylic acids is 1. The van der Waals surface area contributed by atoms with Gasteiger partial charge in [0.25, 0.3) is 5.91 Å². The van der Waals surface area contributed by atoms with Gasteiger partial charge < -0.3 is 28.9 Å². The lowest BCUT2D eigenvalue weighted by Gasteiger charge is -2.34. The molecule has 9 nitrogen and oxygen atoms in total. The molecule has 2 saturated heterocycles. The fourth-order valence-corrected chi connectivity index (χ4v) is 7.34. The molecule has 0 bridgehead atoms. The number of amides is 1. The van der Waals surface area contributed by atoms with Crippen LogP contribution in [0.4, 0.5) is 5.69 Å². The van der Waals surface area contributed by atoms with Crippen molar-refractivity contribution in [3.05, 3.63) is 51.3 Å². The van der Waals surface area contributed by atoms with Crippen molar-refractivity contribution in [1.29, 1.82) is 0 Å². The molecule has 2 fully saturated rings. The monoisotopic (exact) mass is 657 g/mol. The quantitative estimate of drug-likeness (QED) is 0.228. The van der Waals surface area contributed by atoms with Gasteiger partial charge in [-0.2, -0.15) is 0 Å². The molecule has 2 aromatic carbocycles. The van der Waals surface area contributed by atoms with Crippen LogP contribution < -0.4 is 24.1 Å². The van der Waals surface area contributed by atoms with Crippen LogP contribution in [0.25, 0.3) is 23.7 Å². The number of thiazole rings is 1. The number of hydrogen-bond donors (Lipinski definition) is 0. The van der Waals surface area contributed by atoms with Crippen LogP contribution in [0.2, 0.25) is 0 Å². The number of benzene rings is 2. The molecule has 0 N–H and O–H groups in total. The maximum atomic E-state index is 13.1. The summed E-state index contributed by atoms with van der Waals surface area (Å²) in [4.78, 5) is 29.3. The Morgan fingerprint density at radius 1 is 0.894 bits per heavy atom. The second kappa shape index (κ2) is 15.4. The minimum absolute atomic E-state index is 0.0289. The molecule has 1 amide bonds. The number of fused-ring (bicyclic) bond motifs is 2. The number of aliphatic imine (C=N–C) groups is 1. The molecule has 6 rings (SSSR count). The number of aromatic nitrogens is 1. The zero-order chi connectivity index (χ0) is 32.8. The molecule has 0 saturated carbocycles. The average Bonchev–Trinajstić information content (AvgIpc) is 3.66. The van der Waals surface area contributed by atoms with Gasteiger partial charge in [0.05, 0.1) is 43.0 Å². The van der Waals surface area contributed by atoms with Gasteiger partial charge in [-0.25, -0.2) is 4.98 Å². The standard InChI is InChI=1S/C37H47N5O4S/c1-26-22-29(36-39-27(2)28(3)47-36)11-12-33(26)45-20-7-5-13-40-16-18-41(19-17-40)14-6-8-21-46-35-24-32-31(23-34(35)44-4)37(43)42-15-9-10-30(42)25-38-32/h11-12,22-25,30H,2-3,5-10,13-21H2,1,4H3. The van der Waals surface area contributed by atoms with Gasteiger partial charge in [-0.15, -0.1) is 11.3 Å². The first-order valence-electron chi connectivity index (χ1n) is 16.9. The van der Waals surface area contributed by atoms with Gasteiger partial charge in [-0.1, -0.05) is 13.2 Å². The Kier molecular flexibility index (Phi) is 10.9. The molecule has 0 spiro atoms. The van der Waals surface area contributed by atoms with Crippen molar-refractivity contribution in [2.75, 3.05) is 66.1 Å². The minimum Gasteiger partial charge on any atom is -0.493 e. The number of piperazine rings is 1. The Labute approximate surface area is 282 Å². The SMILES string of the molecule is C=c1nc(-c2ccc(OCCCCN3CCN(CCCCOc4cc5c(cc4OC)C(=O)N4CCCC4C=N5)CC3)c(C)c2)sc1=C. The molecular weight excluding hydrogens is 611 g/mol. The van der Waals surface area contributed by atoms with Crippen molar-refractivity contribution < 1.29 is 19.0 Å². The average molecular weight is 658 g/mol. The van der Waals surface area contributed by atoms with E-state index in [1.165, 1.54) is 0 Å². The van der Waals surface area contributed by atoms with E-state index >= 15 is 0 Å². The van der Waals surface area contributed by atoms with Gasteiger partial charge >= 0.3 is 0 Å². The van der Waals surface area contributed by atoms with Crippen molar-refractivity contribution in [1.82, 2.24) is 19.7 Å². The van der Waals surface area contributed by atoms with Crippen LogP contribution in [0, 0.1) is 6.92 Å². The fraction of sp³-hybridized carbons (Fsp3) is 0.486. The molecule has 1 atom stereocenters. The highest BCUT2D eigenvalue weighted by Gasteiger charge is 2.32.